The van der Waals surface area contributed by atoms with Crippen LogP contribution in [0.1, 0.15) is 35.2 Å². The van der Waals surface area contributed by atoms with Gasteiger partial charge in [-0.15, -0.1) is 0 Å². The molecule has 0 unspecified atom stereocenters. The largest absolute Gasteiger partial charge is 0.507 e. The molecule has 7 heteroatoms. The highest BCUT2D eigenvalue weighted by atomic mass is 16.5. The van der Waals surface area contributed by atoms with Gasteiger partial charge < -0.3 is 24.2 Å². The number of methoxy groups -OCH3 is 1. The van der Waals surface area contributed by atoms with Crippen LogP contribution >= 0.6 is 0 Å². The molecule has 1 fully saturated rings. The van der Waals surface area contributed by atoms with E-state index < -0.39 is 17.7 Å². The molecular weight excluding hydrogens is 470 g/mol. The Labute approximate surface area is 216 Å². The molecule has 0 spiro atoms. The first-order valence-corrected chi connectivity index (χ1v) is 12.2. The Morgan fingerprint density at radius 1 is 0.946 bits per heavy atom. The van der Waals surface area contributed by atoms with Crippen molar-refractivity contribution in [3.05, 3.63) is 101 Å². The van der Waals surface area contributed by atoms with E-state index in [0.29, 0.717) is 35.8 Å². The molecule has 3 aromatic rings. The molecule has 1 N–H and O–H groups in total. The predicted molar refractivity (Wildman–Crippen MR) is 140 cm³/mol. The fourth-order valence-corrected chi connectivity index (χ4v) is 4.39. The molecule has 1 aliphatic rings. The molecule has 1 amide bonds. The van der Waals surface area contributed by atoms with Crippen molar-refractivity contribution in [2.75, 3.05) is 26.9 Å². The third kappa shape index (κ3) is 5.84. The maximum Gasteiger partial charge on any atom is 0.295 e. The third-order valence-corrected chi connectivity index (χ3v) is 6.20. The second kappa shape index (κ2) is 11.8. The minimum Gasteiger partial charge on any atom is -0.507 e. The first kappa shape index (κ1) is 26.0. The van der Waals surface area contributed by atoms with E-state index in [4.69, 9.17) is 14.2 Å². The number of likely N-dealkylation sites (tertiary alicyclic amines) is 1. The zero-order valence-corrected chi connectivity index (χ0v) is 21.3. The van der Waals surface area contributed by atoms with Crippen molar-refractivity contribution in [2.24, 2.45) is 0 Å². The number of aryl methyl sites for hydroxylation is 1. The molecule has 37 heavy (non-hydrogen) atoms. The summed E-state index contributed by atoms with van der Waals surface area (Å²) in [5.41, 5.74) is 3.37. The van der Waals surface area contributed by atoms with Crippen molar-refractivity contribution in [1.29, 1.82) is 0 Å². The summed E-state index contributed by atoms with van der Waals surface area (Å²) in [7, 11) is 1.53. The number of amides is 1. The number of nitrogens with zero attached hydrogens (tertiary/aromatic N) is 1. The number of ether oxygens (including phenoxy) is 3. The summed E-state index contributed by atoms with van der Waals surface area (Å²) < 4.78 is 16.6. The lowest BCUT2D eigenvalue weighted by Crippen LogP contribution is -2.32. The van der Waals surface area contributed by atoms with Crippen LogP contribution in [0.25, 0.3) is 5.76 Å². The number of aliphatic hydroxyl groups excluding tert-OH is 1. The molecule has 192 valence electrons. The fraction of sp³-hybridized carbons (Fsp3) is 0.267. The first-order chi connectivity index (χ1) is 17.9. The van der Waals surface area contributed by atoms with Gasteiger partial charge in [0.1, 0.15) is 23.9 Å². The van der Waals surface area contributed by atoms with Crippen molar-refractivity contribution >= 4 is 17.4 Å². The van der Waals surface area contributed by atoms with E-state index in [9.17, 15) is 14.7 Å². The smallest absolute Gasteiger partial charge is 0.295 e. The number of rotatable bonds is 10. The molecule has 4 rings (SSSR count). The van der Waals surface area contributed by atoms with Gasteiger partial charge in [-0.05, 0) is 61.4 Å². The minimum atomic E-state index is -0.747. The summed E-state index contributed by atoms with van der Waals surface area (Å²) in [5, 5.41) is 11.2. The van der Waals surface area contributed by atoms with Gasteiger partial charge in [-0.3, -0.25) is 9.59 Å². The summed E-state index contributed by atoms with van der Waals surface area (Å²) >= 11 is 0. The summed E-state index contributed by atoms with van der Waals surface area (Å²) in [6.07, 6.45) is 0. The van der Waals surface area contributed by atoms with Crippen LogP contribution in [0.5, 0.6) is 11.5 Å². The van der Waals surface area contributed by atoms with Gasteiger partial charge in [-0.1, -0.05) is 42.0 Å². The number of benzene rings is 3. The molecule has 7 nitrogen and oxygen atoms in total. The van der Waals surface area contributed by atoms with Gasteiger partial charge in [0.05, 0.1) is 24.8 Å². The van der Waals surface area contributed by atoms with Gasteiger partial charge in [0, 0.05) is 19.2 Å². The summed E-state index contributed by atoms with van der Waals surface area (Å²) in [4.78, 5) is 27.5. The number of carbonyl (C=O) groups is 2. The molecule has 0 aromatic heterocycles. The quantitative estimate of drug-likeness (QED) is 0.238. The van der Waals surface area contributed by atoms with E-state index in [1.54, 1.807) is 48.5 Å². The molecule has 1 heterocycles. The predicted octanol–water partition coefficient (Wildman–Crippen LogP) is 5.04. The van der Waals surface area contributed by atoms with E-state index in [2.05, 4.69) is 6.07 Å². The van der Waals surface area contributed by atoms with Crippen molar-refractivity contribution < 1.29 is 28.9 Å². The molecule has 0 aliphatic carbocycles. The molecule has 0 radical (unpaired) electrons. The van der Waals surface area contributed by atoms with E-state index in [1.165, 1.54) is 12.0 Å². The van der Waals surface area contributed by atoms with Gasteiger partial charge in [0.15, 0.2) is 0 Å². The fourth-order valence-electron chi connectivity index (χ4n) is 4.39. The van der Waals surface area contributed by atoms with E-state index in [-0.39, 0.29) is 24.5 Å². The summed E-state index contributed by atoms with van der Waals surface area (Å²) in [5.74, 6) is -0.326. The van der Waals surface area contributed by atoms with Crippen molar-refractivity contribution in [2.45, 2.75) is 26.5 Å². The van der Waals surface area contributed by atoms with Crippen LogP contribution in [0.4, 0.5) is 0 Å². The molecular formula is C30H31NO6. The van der Waals surface area contributed by atoms with Crippen LogP contribution in [-0.2, 0) is 20.9 Å². The van der Waals surface area contributed by atoms with Gasteiger partial charge in [0.25, 0.3) is 11.7 Å². The lowest BCUT2D eigenvalue weighted by molar-refractivity contribution is -0.140. The van der Waals surface area contributed by atoms with Crippen LogP contribution in [0.3, 0.4) is 0 Å². The molecule has 1 saturated heterocycles. The van der Waals surface area contributed by atoms with E-state index in [1.807, 2.05) is 32.0 Å². The standard InChI is InChI=1S/C30H31NO6/c1-4-36-24-12-8-22(9-13-24)27-26(29(33)30(34)31(27)16-17-35-3)28(32)23-10-14-25(15-11-23)37-19-21-7-5-6-20(2)18-21/h5-15,18,27,32H,4,16-17,19H2,1-3H3/b28-26+/t27-/m0/s1. The Morgan fingerprint density at radius 3 is 2.27 bits per heavy atom. The summed E-state index contributed by atoms with van der Waals surface area (Å²) in [6.45, 7) is 5.33. The average molecular weight is 502 g/mol. The second-order valence-corrected chi connectivity index (χ2v) is 8.79. The average Bonchev–Trinajstić information content (AvgIpc) is 3.16. The van der Waals surface area contributed by atoms with Crippen LogP contribution in [0.15, 0.2) is 78.4 Å². The molecule has 1 aliphatic heterocycles. The van der Waals surface area contributed by atoms with Gasteiger partial charge in [-0.2, -0.15) is 0 Å². The van der Waals surface area contributed by atoms with Crippen molar-refractivity contribution in [3.8, 4) is 11.5 Å². The number of Topliss-reactive ketones (excluding diaryl/α,β-unsaturated/α-hetero) is 1. The highest BCUT2D eigenvalue weighted by Gasteiger charge is 2.45. The maximum atomic E-state index is 13.1. The SMILES string of the molecule is CCOc1ccc([C@H]2/C(=C(\O)c3ccc(OCc4cccc(C)c4)cc3)C(=O)C(=O)N2CCOC)cc1. The Balaban J connectivity index is 1.63. The van der Waals surface area contributed by atoms with Crippen LogP contribution < -0.4 is 9.47 Å². The molecule has 3 aromatic carbocycles. The number of aliphatic hydroxyl groups is 1. The Bertz CT molecular complexity index is 1280. The molecule has 1 atom stereocenters. The van der Waals surface area contributed by atoms with E-state index in [0.717, 1.165) is 11.1 Å². The molecule has 0 saturated carbocycles. The van der Waals surface area contributed by atoms with E-state index >= 15 is 0 Å². The van der Waals surface area contributed by atoms with Crippen LogP contribution in [0, 0.1) is 6.92 Å². The topological polar surface area (TPSA) is 85.3 Å². The number of hydrogen-bond donors (Lipinski definition) is 1. The number of ketones is 1. The van der Waals surface area contributed by atoms with Crippen LogP contribution in [0.2, 0.25) is 0 Å². The number of carbonyl (C=O) groups excluding carboxylic acids is 2. The summed E-state index contributed by atoms with van der Waals surface area (Å²) in [6, 6.07) is 21.3. The van der Waals surface area contributed by atoms with Gasteiger partial charge >= 0.3 is 0 Å². The zero-order valence-electron chi connectivity index (χ0n) is 21.3. The Kier molecular flexibility index (Phi) is 8.25. The lowest BCUT2D eigenvalue weighted by atomic mass is 9.95. The maximum absolute atomic E-state index is 13.1. The van der Waals surface area contributed by atoms with Gasteiger partial charge in [-0.25, -0.2) is 0 Å². The lowest BCUT2D eigenvalue weighted by Gasteiger charge is -2.25. The second-order valence-electron chi connectivity index (χ2n) is 8.79. The zero-order chi connectivity index (χ0) is 26.4. The monoisotopic (exact) mass is 501 g/mol. The number of hydrogen-bond acceptors (Lipinski definition) is 6. The normalized spacial score (nSPS) is 16.7. The van der Waals surface area contributed by atoms with Crippen LogP contribution in [-0.4, -0.2) is 48.6 Å². The third-order valence-electron chi connectivity index (χ3n) is 6.20. The Hall–Kier alpha value is -4.10. The van der Waals surface area contributed by atoms with Crippen molar-refractivity contribution in [1.82, 2.24) is 4.90 Å². The first-order valence-electron chi connectivity index (χ1n) is 12.2. The highest BCUT2D eigenvalue weighted by Crippen LogP contribution is 2.39. The van der Waals surface area contributed by atoms with Crippen molar-refractivity contribution in [3.63, 3.8) is 0 Å². The highest BCUT2D eigenvalue weighted by molar-refractivity contribution is 6.46. The molecule has 0 bridgehead atoms. The van der Waals surface area contributed by atoms with Gasteiger partial charge in [0.2, 0.25) is 0 Å². The Morgan fingerprint density at radius 2 is 1.62 bits per heavy atom. The minimum absolute atomic E-state index is 0.0405.